The van der Waals surface area contributed by atoms with Crippen LogP contribution in [0.2, 0.25) is 10.4 Å². The van der Waals surface area contributed by atoms with Crippen LogP contribution in [0.15, 0.2) is 0 Å². The van der Waals surface area contributed by atoms with E-state index in [2.05, 4.69) is 27.4 Å². The molecular formula is C11H16Cl2N4. The summed E-state index contributed by atoms with van der Waals surface area (Å²) >= 11 is 11.6. The number of aromatic nitrogens is 3. The smallest absolute Gasteiger partial charge is 0.245 e. The Balaban J connectivity index is 2.02. The van der Waals surface area contributed by atoms with Crippen LogP contribution in [0.25, 0.3) is 0 Å². The van der Waals surface area contributed by atoms with E-state index in [9.17, 15) is 0 Å². The molecule has 1 saturated carbocycles. The van der Waals surface area contributed by atoms with Crippen molar-refractivity contribution in [1.82, 2.24) is 15.2 Å². The molecule has 6 heteroatoms. The molecule has 4 nitrogen and oxygen atoms in total. The van der Waals surface area contributed by atoms with Crippen molar-refractivity contribution in [3.05, 3.63) is 10.4 Å². The molecule has 94 valence electrons. The standard InChI is InChI=1S/C11H16Cl2N4/c1-7-3-2-4-8(6-5-7)14-10-9(12)16-17-11(13)15-10/h7-8H,2-6H2,1H3,(H,14,15,17). The molecule has 1 aliphatic rings. The molecule has 0 saturated heterocycles. The molecule has 17 heavy (non-hydrogen) atoms. The van der Waals surface area contributed by atoms with Crippen molar-refractivity contribution < 1.29 is 0 Å². The first kappa shape index (κ1) is 12.8. The zero-order valence-corrected chi connectivity index (χ0v) is 11.3. The topological polar surface area (TPSA) is 50.7 Å². The molecule has 1 aliphatic carbocycles. The van der Waals surface area contributed by atoms with Gasteiger partial charge in [0.25, 0.3) is 0 Å². The lowest BCUT2D eigenvalue weighted by atomic mass is 10.0. The van der Waals surface area contributed by atoms with Gasteiger partial charge in [-0.3, -0.25) is 0 Å². The van der Waals surface area contributed by atoms with E-state index < -0.39 is 0 Å². The van der Waals surface area contributed by atoms with Crippen LogP contribution in [0.1, 0.15) is 39.0 Å². The molecule has 1 N–H and O–H groups in total. The van der Waals surface area contributed by atoms with E-state index >= 15 is 0 Å². The molecular weight excluding hydrogens is 259 g/mol. The fourth-order valence-corrected chi connectivity index (χ4v) is 2.47. The predicted molar refractivity (Wildman–Crippen MR) is 69.5 cm³/mol. The molecule has 1 fully saturated rings. The van der Waals surface area contributed by atoms with Crippen molar-refractivity contribution in [2.45, 2.75) is 45.1 Å². The van der Waals surface area contributed by atoms with Gasteiger partial charge >= 0.3 is 0 Å². The van der Waals surface area contributed by atoms with Crippen LogP contribution < -0.4 is 5.32 Å². The quantitative estimate of drug-likeness (QED) is 0.838. The number of nitrogens with zero attached hydrogens (tertiary/aromatic N) is 3. The van der Waals surface area contributed by atoms with Gasteiger partial charge in [0.1, 0.15) is 0 Å². The van der Waals surface area contributed by atoms with E-state index in [-0.39, 0.29) is 10.4 Å². The van der Waals surface area contributed by atoms with E-state index in [1.807, 2.05) is 0 Å². The summed E-state index contributed by atoms with van der Waals surface area (Å²) in [6.45, 7) is 2.30. The highest BCUT2D eigenvalue weighted by molar-refractivity contribution is 6.32. The van der Waals surface area contributed by atoms with Crippen molar-refractivity contribution >= 4 is 29.0 Å². The molecule has 1 heterocycles. The van der Waals surface area contributed by atoms with Crippen LogP contribution in [0.4, 0.5) is 5.82 Å². The summed E-state index contributed by atoms with van der Waals surface area (Å²) in [6.07, 6.45) is 6.06. The Kier molecular flexibility index (Phi) is 4.40. The van der Waals surface area contributed by atoms with Gasteiger partial charge in [-0.25, -0.2) is 0 Å². The van der Waals surface area contributed by atoms with E-state index in [4.69, 9.17) is 23.2 Å². The minimum absolute atomic E-state index is 0.124. The molecule has 0 aromatic carbocycles. The fourth-order valence-electron chi connectivity index (χ4n) is 2.21. The molecule has 2 atom stereocenters. The third-order valence-electron chi connectivity index (χ3n) is 3.22. The average Bonchev–Trinajstić information content (AvgIpc) is 2.49. The van der Waals surface area contributed by atoms with Gasteiger partial charge in [0.05, 0.1) is 0 Å². The lowest BCUT2D eigenvalue weighted by Crippen LogP contribution is -2.20. The zero-order chi connectivity index (χ0) is 12.3. The molecule has 0 radical (unpaired) electrons. The maximum Gasteiger partial charge on any atom is 0.245 e. The van der Waals surface area contributed by atoms with E-state index in [0.29, 0.717) is 11.9 Å². The maximum absolute atomic E-state index is 5.93. The highest BCUT2D eigenvalue weighted by Crippen LogP contribution is 2.26. The van der Waals surface area contributed by atoms with Crippen LogP contribution in [0.3, 0.4) is 0 Å². The summed E-state index contributed by atoms with van der Waals surface area (Å²) in [5, 5.41) is 11.1. The molecule has 0 amide bonds. The van der Waals surface area contributed by atoms with Crippen molar-refractivity contribution in [2.75, 3.05) is 5.32 Å². The number of rotatable bonds is 2. The van der Waals surface area contributed by atoms with Crippen LogP contribution in [-0.2, 0) is 0 Å². The second kappa shape index (κ2) is 5.83. The first-order valence-corrected chi connectivity index (χ1v) is 6.73. The summed E-state index contributed by atoms with van der Waals surface area (Å²) in [5.74, 6) is 1.36. The van der Waals surface area contributed by atoms with E-state index in [0.717, 1.165) is 18.8 Å². The van der Waals surface area contributed by atoms with Crippen molar-refractivity contribution in [3.63, 3.8) is 0 Å². The predicted octanol–water partition coefficient (Wildman–Crippen LogP) is 3.56. The van der Waals surface area contributed by atoms with Gasteiger partial charge in [-0.05, 0) is 36.8 Å². The van der Waals surface area contributed by atoms with E-state index in [1.54, 1.807) is 0 Å². The highest BCUT2D eigenvalue weighted by Gasteiger charge is 2.18. The maximum atomic E-state index is 5.93. The number of anilines is 1. The first-order chi connectivity index (χ1) is 8.15. The zero-order valence-electron chi connectivity index (χ0n) is 9.79. The van der Waals surface area contributed by atoms with Crippen molar-refractivity contribution in [1.29, 1.82) is 0 Å². The summed E-state index contributed by atoms with van der Waals surface area (Å²) < 4.78 is 0. The summed E-state index contributed by atoms with van der Waals surface area (Å²) in [4.78, 5) is 4.07. The third kappa shape index (κ3) is 3.68. The van der Waals surface area contributed by atoms with Crippen molar-refractivity contribution in [2.24, 2.45) is 5.92 Å². The van der Waals surface area contributed by atoms with Crippen LogP contribution >= 0.6 is 23.2 Å². The van der Waals surface area contributed by atoms with Gasteiger partial charge < -0.3 is 5.32 Å². The summed E-state index contributed by atoms with van der Waals surface area (Å²) in [5.41, 5.74) is 0. The van der Waals surface area contributed by atoms with Gasteiger partial charge in [0.2, 0.25) is 5.28 Å². The number of halogens is 2. The molecule has 1 aromatic heterocycles. The monoisotopic (exact) mass is 274 g/mol. The van der Waals surface area contributed by atoms with Gasteiger partial charge in [0, 0.05) is 6.04 Å². The summed E-state index contributed by atoms with van der Waals surface area (Å²) in [6, 6.07) is 0.408. The molecule has 0 aliphatic heterocycles. The Morgan fingerprint density at radius 2 is 1.94 bits per heavy atom. The van der Waals surface area contributed by atoms with Gasteiger partial charge in [-0.15, -0.1) is 10.2 Å². The van der Waals surface area contributed by atoms with Gasteiger partial charge in [0.15, 0.2) is 11.0 Å². The van der Waals surface area contributed by atoms with E-state index in [1.165, 1.54) is 19.3 Å². The normalized spacial score (nSPS) is 25.4. The molecule has 0 spiro atoms. The average molecular weight is 275 g/mol. The Hall–Kier alpha value is -0.610. The van der Waals surface area contributed by atoms with Gasteiger partial charge in [-0.2, -0.15) is 4.98 Å². The Bertz CT molecular complexity index is 386. The Morgan fingerprint density at radius 3 is 2.76 bits per heavy atom. The molecule has 2 rings (SSSR count). The lowest BCUT2D eigenvalue weighted by molar-refractivity contribution is 0.502. The van der Waals surface area contributed by atoms with Crippen LogP contribution in [0, 0.1) is 5.92 Å². The van der Waals surface area contributed by atoms with Gasteiger partial charge in [-0.1, -0.05) is 31.4 Å². The molecule has 1 aromatic rings. The number of hydrogen-bond acceptors (Lipinski definition) is 4. The Labute approximate surface area is 111 Å². The minimum atomic E-state index is 0.124. The number of hydrogen-bond donors (Lipinski definition) is 1. The second-order valence-corrected chi connectivity index (χ2v) is 5.37. The largest absolute Gasteiger partial charge is 0.365 e. The first-order valence-electron chi connectivity index (χ1n) is 5.97. The fraction of sp³-hybridized carbons (Fsp3) is 0.727. The number of nitrogens with one attached hydrogen (secondary N) is 1. The highest BCUT2D eigenvalue weighted by atomic mass is 35.5. The SMILES string of the molecule is CC1CCCC(Nc2nc(Cl)nnc2Cl)CC1. The Morgan fingerprint density at radius 1 is 1.12 bits per heavy atom. The summed E-state index contributed by atoms with van der Waals surface area (Å²) in [7, 11) is 0. The minimum Gasteiger partial charge on any atom is -0.365 e. The lowest BCUT2D eigenvalue weighted by Gasteiger charge is -2.17. The third-order valence-corrected chi connectivity index (χ3v) is 3.63. The molecule has 0 bridgehead atoms. The van der Waals surface area contributed by atoms with Crippen molar-refractivity contribution in [3.8, 4) is 0 Å². The molecule has 2 unspecified atom stereocenters. The van der Waals surface area contributed by atoms with Crippen LogP contribution in [-0.4, -0.2) is 21.2 Å². The van der Waals surface area contributed by atoms with Crippen LogP contribution in [0.5, 0.6) is 0 Å². The second-order valence-electron chi connectivity index (χ2n) is 4.67.